The van der Waals surface area contributed by atoms with E-state index < -0.39 is 4.92 Å². The molecule has 4 N–H and O–H groups in total. The topological polar surface area (TPSA) is 110 Å². The van der Waals surface area contributed by atoms with Crippen LogP contribution in [0.15, 0.2) is 18.2 Å². The molecule has 1 amide bonds. The first-order valence-electron chi connectivity index (χ1n) is 6.60. The van der Waals surface area contributed by atoms with Crippen molar-refractivity contribution < 1.29 is 9.72 Å². The normalized spacial score (nSPS) is 20.9. The molecule has 1 aromatic carbocycles. The van der Waals surface area contributed by atoms with E-state index in [4.69, 9.17) is 5.73 Å². The van der Waals surface area contributed by atoms with Crippen molar-refractivity contribution in [2.45, 2.75) is 31.8 Å². The quantitative estimate of drug-likeness (QED) is 0.554. The number of rotatable bonds is 5. The Morgan fingerprint density at radius 2 is 2.20 bits per heavy atom. The lowest BCUT2D eigenvalue weighted by atomic mass is 9.87. The van der Waals surface area contributed by atoms with Crippen LogP contribution in [0.1, 0.15) is 30.1 Å². The van der Waals surface area contributed by atoms with Gasteiger partial charge in [0.2, 0.25) is 0 Å². The molecule has 0 unspecified atom stereocenters. The molecule has 0 aromatic heterocycles. The van der Waals surface area contributed by atoms with Crippen LogP contribution in [0.3, 0.4) is 0 Å². The van der Waals surface area contributed by atoms with Gasteiger partial charge in [0.25, 0.3) is 11.6 Å². The fourth-order valence-electron chi connectivity index (χ4n) is 2.21. The SMILES string of the molecule is CCNC(=O)c1ccc(NC2CC(N)C2)c([N+](=O)[O-])c1. The summed E-state index contributed by atoms with van der Waals surface area (Å²) >= 11 is 0. The summed E-state index contributed by atoms with van der Waals surface area (Å²) in [5.41, 5.74) is 6.32. The van der Waals surface area contributed by atoms with Crippen LogP contribution in [0.25, 0.3) is 0 Å². The molecule has 108 valence electrons. The Morgan fingerprint density at radius 3 is 2.75 bits per heavy atom. The van der Waals surface area contributed by atoms with Gasteiger partial charge in [-0.15, -0.1) is 0 Å². The van der Waals surface area contributed by atoms with E-state index in [1.54, 1.807) is 19.1 Å². The number of anilines is 1. The molecule has 0 radical (unpaired) electrons. The van der Waals surface area contributed by atoms with Crippen molar-refractivity contribution in [1.29, 1.82) is 0 Å². The summed E-state index contributed by atoms with van der Waals surface area (Å²) in [6.07, 6.45) is 1.60. The van der Waals surface area contributed by atoms with Crippen LogP contribution < -0.4 is 16.4 Å². The van der Waals surface area contributed by atoms with Crippen LogP contribution in [-0.2, 0) is 0 Å². The van der Waals surface area contributed by atoms with Gasteiger partial charge >= 0.3 is 0 Å². The number of nitro benzene ring substituents is 1. The van der Waals surface area contributed by atoms with E-state index in [-0.39, 0.29) is 29.2 Å². The lowest BCUT2D eigenvalue weighted by molar-refractivity contribution is -0.384. The van der Waals surface area contributed by atoms with E-state index in [9.17, 15) is 14.9 Å². The first-order chi connectivity index (χ1) is 9.51. The van der Waals surface area contributed by atoms with Gasteiger partial charge in [-0.25, -0.2) is 0 Å². The second-order valence-electron chi connectivity index (χ2n) is 4.92. The summed E-state index contributed by atoms with van der Waals surface area (Å²) in [6, 6.07) is 4.79. The van der Waals surface area contributed by atoms with E-state index in [0.717, 1.165) is 12.8 Å². The maximum Gasteiger partial charge on any atom is 0.293 e. The van der Waals surface area contributed by atoms with Gasteiger partial charge in [-0.05, 0) is 31.9 Å². The number of nitro groups is 1. The maximum absolute atomic E-state index is 11.7. The molecule has 7 nitrogen and oxygen atoms in total. The van der Waals surface area contributed by atoms with Crippen LogP contribution in [0.5, 0.6) is 0 Å². The molecule has 0 atom stereocenters. The van der Waals surface area contributed by atoms with Crippen molar-refractivity contribution in [3.05, 3.63) is 33.9 Å². The van der Waals surface area contributed by atoms with Crippen molar-refractivity contribution in [2.75, 3.05) is 11.9 Å². The Hall–Kier alpha value is -2.15. The summed E-state index contributed by atoms with van der Waals surface area (Å²) in [6.45, 7) is 2.27. The lowest BCUT2D eigenvalue weighted by Crippen LogP contribution is -2.44. The average Bonchev–Trinajstić information content (AvgIpc) is 2.37. The second-order valence-corrected chi connectivity index (χ2v) is 4.92. The third kappa shape index (κ3) is 3.05. The molecule has 1 fully saturated rings. The Morgan fingerprint density at radius 1 is 1.50 bits per heavy atom. The zero-order chi connectivity index (χ0) is 14.7. The number of nitrogens with two attached hydrogens (primary N) is 1. The molecular formula is C13H18N4O3. The minimum Gasteiger partial charge on any atom is -0.377 e. The Labute approximate surface area is 116 Å². The highest BCUT2D eigenvalue weighted by molar-refractivity contribution is 5.95. The summed E-state index contributed by atoms with van der Waals surface area (Å²) < 4.78 is 0. The minimum absolute atomic E-state index is 0.0887. The van der Waals surface area contributed by atoms with E-state index in [2.05, 4.69) is 10.6 Å². The van der Waals surface area contributed by atoms with E-state index in [1.807, 2.05) is 0 Å². The number of carbonyl (C=O) groups excluding carboxylic acids is 1. The number of nitrogens with one attached hydrogen (secondary N) is 2. The van der Waals surface area contributed by atoms with Crippen LogP contribution >= 0.6 is 0 Å². The van der Waals surface area contributed by atoms with Crippen LogP contribution in [0, 0.1) is 10.1 Å². The zero-order valence-electron chi connectivity index (χ0n) is 11.3. The Kier molecular flexibility index (Phi) is 4.19. The van der Waals surface area contributed by atoms with Gasteiger partial charge in [-0.2, -0.15) is 0 Å². The molecule has 20 heavy (non-hydrogen) atoms. The minimum atomic E-state index is -0.482. The van der Waals surface area contributed by atoms with Crippen molar-refractivity contribution in [2.24, 2.45) is 5.73 Å². The first kappa shape index (κ1) is 14.3. The second kappa shape index (κ2) is 5.87. The van der Waals surface area contributed by atoms with Gasteiger partial charge in [0.15, 0.2) is 0 Å². The zero-order valence-corrected chi connectivity index (χ0v) is 11.3. The Balaban J connectivity index is 2.19. The third-order valence-corrected chi connectivity index (χ3v) is 3.33. The van der Waals surface area contributed by atoms with Gasteiger partial charge in [-0.1, -0.05) is 0 Å². The predicted octanol–water partition coefficient (Wildman–Crippen LogP) is 1.25. The highest BCUT2D eigenvalue weighted by Gasteiger charge is 2.28. The van der Waals surface area contributed by atoms with Crippen molar-refractivity contribution in [3.8, 4) is 0 Å². The maximum atomic E-state index is 11.7. The summed E-state index contributed by atoms with van der Waals surface area (Å²) in [5.74, 6) is -0.312. The van der Waals surface area contributed by atoms with E-state index >= 15 is 0 Å². The molecule has 1 aliphatic rings. The summed E-state index contributed by atoms with van der Waals surface area (Å²) in [4.78, 5) is 22.3. The van der Waals surface area contributed by atoms with Gasteiger partial charge < -0.3 is 16.4 Å². The number of nitrogens with zero attached hydrogens (tertiary/aromatic N) is 1. The monoisotopic (exact) mass is 278 g/mol. The van der Waals surface area contributed by atoms with Crippen LogP contribution in [0.2, 0.25) is 0 Å². The molecule has 0 heterocycles. The smallest absolute Gasteiger partial charge is 0.293 e. The first-order valence-corrected chi connectivity index (χ1v) is 6.60. The molecule has 1 aliphatic carbocycles. The summed E-state index contributed by atoms with van der Waals surface area (Å²) in [5, 5.41) is 16.8. The molecule has 0 bridgehead atoms. The molecule has 1 aromatic rings. The highest BCUT2D eigenvalue weighted by Crippen LogP contribution is 2.30. The van der Waals surface area contributed by atoms with Crippen molar-refractivity contribution in [1.82, 2.24) is 5.32 Å². The molecule has 0 spiro atoms. The summed E-state index contributed by atoms with van der Waals surface area (Å²) in [7, 11) is 0. The molecule has 1 saturated carbocycles. The number of hydrogen-bond acceptors (Lipinski definition) is 5. The van der Waals surface area contributed by atoms with E-state index in [0.29, 0.717) is 12.2 Å². The van der Waals surface area contributed by atoms with Gasteiger partial charge in [-0.3, -0.25) is 14.9 Å². The molecular weight excluding hydrogens is 260 g/mol. The van der Waals surface area contributed by atoms with Crippen molar-refractivity contribution in [3.63, 3.8) is 0 Å². The molecule has 2 rings (SSSR count). The van der Waals surface area contributed by atoms with Crippen LogP contribution in [0.4, 0.5) is 11.4 Å². The standard InChI is InChI=1S/C13H18N4O3/c1-2-15-13(18)8-3-4-11(12(5-8)17(19)20)16-10-6-9(14)7-10/h3-5,9-10,16H,2,6-7,14H2,1H3,(H,15,18). The number of hydrogen-bond donors (Lipinski definition) is 3. The van der Waals surface area contributed by atoms with Crippen LogP contribution in [-0.4, -0.2) is 29.5 Å². The number of carbonyl (C=O) groups is 1. The third-order valence-electron chi connectivity index (χ3n) is 3.33. The predicted molar refractivity (Wildman–Crippen MR) is 75.7 cm³/mol. The van der Waals surface area contributed by atoms with Gasteiger partial charge in [0.1, 0.15) is 5.69 Å². The molecule has 0 saturated heterocycles. The number of amides is 1. The molecule has 7 heteroatoms. The van der Waals surface area contributed by atoms with Gasteiger partial charge in [0.05, 0.1) is 4.92 Å². The van der Waals surface area contributed by atoms with E-state index in [1.165, 1.54) is 6.07 Å². The number of benzene rings is 1. The largest absolute Gasteiger partial charge is 0.377 e. The highest BCUT2D eigenvalue weighted by atomic mass is 16.6. The fraction of sp³-hybridized carbons (Fsp3) is 0.462. The average molecular weight is 278 g/mol. The Bertz CT molecular complexity index is 526. The lowest BCUT2D eigenvalue weighted by Gasteiger charge is -2.33. The fourth-order valence-corrected chi connectivity index (χ4v) is 2.21. The van der Waals surface area contributed by atoms with Gasteiger partial charge in [0, 0.05) is 30.3 Å². The molecule has 0 aliphatic heterocycles. The van der Waals surface area contributed by atoms with Crippen molar-refractivity contribution >= 4 is 17.3 Å².